The third-order valence-electron chi connectivity index (χ3n) is 4.66. The van der Waals surface area contributed by atoms with Crippen LogP contribution in [0.15, 0.2) is 4.52 Å². The molecular formula is C16H26N4O2S. The van der Waals surface area contributed by atoms with E-state index in [1.54, 1.807) is 0 Å². The van der Waals surface area contributed by atoms with Crippen LogP contribution in [0.5, 0.6) is 0 Å². The van der Waals surface area contributed by atoms with E-state index >= 15 is 0 Å². The number of nitrogens with zero attached hydrogens (tertiary/aromatic N) is 3. The topological polar surface area (TPSA) is 71.3 Å². The lowest BCUT2D eigenvalue weighted by Crippen LogP contribution is -2.52. The highest BCUT2D eigenvalue weighted by Crippen LogP contribution is 2.32. The molecule has 1 aliphatic heterocycles. The molecule has 7 heteroatoms. The van der Waals surface area contributed by atoms with Crippen molar-refractivity contribution in [1.29, 1.82) is 0 Å². The number of hydrogen-bond donors (Lipinski definition) is 1. The first-order valence-corrected chi connectivity index (χ1v) is 9.88. The number of aryl methyl sites for hydroxylation is 1. The normalized spacial score (nSPS) is 25.5. The summed E-state index contributed by atoms with van der Waals surface area (Å²) in [4.78, 5) is 19.1. The quantitative estimate of drug-likeness (QED) is 0.765. The summed E-state index contributed by atoms with van der Waals surface area (Å²) in [5, 5.41) is 7.16. The van der Waals surface area contributed by atoms with Crippen LogP contribution in [0.3, 0.4) is 0 Å². The molecule has 2 atom stereocenters. The predicted octanol–water partition coefficient (Wildman–Crippen LogP) is 1.82. The van der Waals surface area contributed by atoms with Gasteiger partial charge in [0.25, 0.3) is 0 Å². The second kappa shape index (κ2) is 7.66. The molecule has 3 rings (SSSR count). The van der Waals surface area contributed by atoms with E-state index in [0.29, 0.717) is 11.7 Å². The maximum atomic E-state index is 12.2. The van der Waals surface area contributed by atoms with Gasteiger partial charge in [0.15, 0.2) is 5.82 Å². The van der Waals surface area contributed by atoms with Crippen molar-refractivity contribution in [2.75, 3.05) is 31.6 Å². The Kier molecular flexibility index (Phi) is 5.58. The average molecular weight is 338 g/mol. The molecule has 1 saturated carbocycles. The first-order chi connectivity index (χ1) is 11.2. The molecule has 6 nitrogen and oxygen atoms in total. The van der Waals surface area contributed by atoms with Crippen LogP contribution in [-0.2, 0) is 4.79 Å². The highest BCUT2D eigenvalue weighted by molar-refractivity contribution is 7.98. The van der Waals surface area contributed by atoms with E-state index in [0.717, 1.165) is 38.9 Å². The number of carbonyl (C=O) groups is 1. The van der Waals surface area contributed by atoms with Crippen molar-refractivity contribution in [2.45, 2.75) is 44.6 Å². The van der Waals surface area contributed by atoms with Gasteiger partial charge in [-0.2, -0.15) is 16.7 Å². The number of amides is 1. The van der Waals surface area contributed by atoms with Crippen molar-refractivity contribution in [3.05, 3.63) is 11.7 Å². The predicted molar refractivity (Wildman–Crippen MR) is 90.5 cm³/mol. The highest BCUT2D eigenvalue weighted by atomic mass is 32.2. The first-order valence-electron chi connectivity index (χ1n) is 8.49. The second-order valence-corrected chi connectivity index (χ2v) is 7.60. The van der Waals surface area contributed by atoms with E-state index in [2.05, 4.69) is 26.6 Å². The number of likely N-dealkylation sites (tertiary alicyclic amines) is 1. The van der Waals surface area contributed by atoms with Gasteiger partial charge in [0.1, 0.15) is 0 Å². The van der Waals surface area contributed by atoms with Crippen LogP contribution in [0.4, 0.5) is 0 Å². The SMILES string of the molecule is CSCCCN1CC[C@H](c2nc(C)no2)[C@H](NC(=O)C2CC2)C1. The summed E-state index contributed by atoms with van der Waals surface area (Å²) in [6, 6.07) is 0.0750. The van der Waals surface area contributed by atoms with Crippen LogP contribution in [0.25, 0.3) is 0 Å². The molecule has 1 N–H and O–H groups in total. The molecule has 0 bridgehead atoms. The molecule has 2 aliphatic rings. The summed E-state index contributed by atoms with van der Waals surface area (Å²) in [6.45, 7) is 4.82. The fourth-order valence-electron chi connectivity index (χ4n) is 3.21. The minimum absolute atomic E-state index is 0.0750. The fraction of sp³-hybridized carbons (Fsp3) is 0.812. The fourth-order valence-corrected chi connectivity index (χ4v) is 3.62. The van der Waals surface area contributed by atoms with Gasteiger partial charge in [-0.15, -0.1) is 0 Å². The average Bonchev–Trinajstić information content (AvgIpc) is 3.30. The summed E-state index contributed by atoms with van der Waals surface area (Å²) >= 11 is 1.88. The third kappa shape index (κ3) is 4.47. The van der Waals surface area contributed by atoms with Crippen LogP contribution >= 0.6 is 11.8 Å². The molecule has 2 fully saturated rings. The molecule has 1 aromatic rings. The number of carbonyl (C=O) groups excluding carboxylic acids is 1. The summed E-state index contributed by atoms with van der Waals surface area (Å²) in [6.07, 6.45) is 6.34. The molecule has 128 valence electrons. The molecule has 1 saturated heterocycles. The Morgan fingerprint density at radius 2 is 2.26 bits per heavy atom. The summed E-state index contributed by atoms with van der Waals surface area (Å²) in [5.41, 5.74) is 0. The van der Waals surface area contributed by atoms with E-state index in [-0.39, 0.29) is 23.8 Å². The van der Waals surface area contributed by atoms with E-state index in [1.165, 1.54) is 12.2 Å². The number of thioether (sulfide) groups is 1. The van der Waals surface area contributed by atoms with E-state index < -0.39 is 0 Å². The first kappa shape index (κ1) is 16.8. The molecule has 0 spiro atoms. The molecule has 1 amide bonds. The molecule has 0 aromatic carbocycles. The zero-order valence-corrected chi connectivity index (χ0v) is 14.8. The number of hydrogen-bond acceptors (Lipinski definition) is 6. The van der Waals surface area contributed by atoms with Crippen LogP contribution in [0.1, 0.15) is 43.3 Å². The van der Waals surface area contributed by atoms with Crippen molar-refractivity contribution in [1.82, 2.24) is 20.4 Å². The van der Waals surface area contributed by atoms with Crippen molar-refractivity contribution >= 4 is 17.7 Å². The van der Waals surface area contributed by atoms with Gasteiger partial charge in [-0.25, -0.2) is 0 Å². The number of aromatic nitrogens is 2. The van der Waals surface area contributed by atoms with Crippen molar-refractivity contribution in [3.8, 4) is 0 Å². The standard InChI is InChI=1S/C16H26N4O2S/c1-11-17-16(22-19-11)13-6-8-20(7-3-9-23-2)10-14(13)18-15(21)12-4-5-12/h12-14H,3-10H2,1-2H3,(H,18,21)/t13-,14+/m0/s1. The second-order valence-electron chi connectivity index (χ2n) is 6.61. The molecule has 1 aromatic heterocycles. The summed E-state index contributed by atoms with van der Waals surface area (Å²) < 4.78 is 5.39. The Bertz CT molecular complexity index is 532. The highest BCUT2D eigenvalue weighted by Gasteiger charge is 2.38. The van der Waals surface area contributed by atoms with Crippen molar-refractivity contribution in [3.63, 3.8) is 0 Å². The van der Waals surface area contributed by atoms with Gasteiger partial charge in [-0.1, -0.05) is 5.16 Å². The smallest absolute Gasteiger partial charge is 0.231 e. The maximum absolute atomic E-state index is 12.2. The Hall–Kier alpha value is -1.08. The number of nitrogens with one attached hydrogen (secondary N) is 1. The Morgan fingerprint density at radius 1 is 1.43 bits per heavy atom. The van der Waals surface area contributed by atoms with Gasteiger partial charge in [0, 0.05) is 12.5 Å². The van der Waals surface area contributed by atoms with Gasteiger partial charge in [-0.3, -0.25) is 4.79 Å². The molecule has 23 heavy (non-hydrogen) atoms. The lowest BCUT2D eigenvalue weighted by molar-refractivity contribution is -0.123. The monoisotopic (exact) mass is 338 g/mol. The number of piperidine rings is 1. The van der Waals surface area contributed by atoms with Crippen LogP contribution in [0.2, 0.25) is 0 Å². The van der Waals surface area contributed by atoms with Crippen LogP contribution in [-0.4, -0.2) is 58.6 Å². The zero-order chi connectivity index (χ0) is 16.2. The Balaban J connectivity index is 1.64. The lowest BCUT2D eigenvalue weighted by Gasteiger charge is -2.37. The van der Waals surface area contributed by atoms with Gasteiger partial charge in [-0.05, 0) is 57.7 Å². The van der Waals surface area contributed by atoms with Gasteiger partial charge < -0.3 is 14.7 Å². The van der Waals surface area contributed by atoms with Crippen molar-refractivity contribution < 1.29 is 9.32 Å². The summed E-state index contributed by atoms with van der Waals surface area (Å²) in [7, 11) is 0. The van der Waals surface area contributed by atoms with E-state index in [1.807, 2.05) is 18.7 Å². The summed E-state index contributed by atoms with van der Waals surface area (Å²) in [5.74, 6) is 3.08. The Morgan fingerprint density at radius 3 is 2.91 bits per heavy atom. The number of rotatable bonds is 7. The molecule has 0 unspecified atom stereocenters. The van der Waals surface area contributed by atoms with E-state index in [9.17, 15) is 4.79 Å². The Labute approximate surface area is 141 Å². The molecule has 1 aliphatic carbocycles. The van der Waals surface area contributed by atoms with Crippen molar-refractivity contribution in [2.24, 2.45) is 5.92 Å². The minimum atomic E-state index is 0.0750. The van der Waals surface area contributed by atoms with Crippen LogP contribution in [0, 0.1) is 12.8 Å². The van der Waals surface area contributed by atoms with Crippen LogP contribution < -0.4 is 5.32 Å². The van der Waals surface area contributed by atoms with E-state index in [4.69, 9.17) is 4.52 Å². The zero-order valence-electron chi connectivity index (χ0n) is 14.0. The third-order valence-corrected chi connectivity index (χ3v) is 5.35. The minimum Gasteiger partial charge on any atom is -0.351 e. The van der Waals surface area contributed by atoms with Gasteiger partial charge in [0.2, 0.25) is 11.8 Å². The molecule has 0 radical (unpaired) electrons. The van der Waals surface area contributed by atoms with Gasteiger partial charge >= 0.3 is 0 Å². The molecular weight excluding hydrogens is 312 g/mol. The molecule has 2 heterocycles. The lowest BCUT2D eigenvalue weighted by atomic mass is 9.91. The largest absolute Gasteiger partial charge is 0.351 e. The van der Waals surface area contributed by atoms with Gasteiger partial charge in [0.05, 0.1) is 12.0 Å². The maximum Gasteiger partial charge on any atom is 0.231 e.